The Labute approximate surface area is 207 Å². The minimum atomic E-state index is 0.00901. The minimum Gasteiger partial charge on any atom is -0.0619 e. The highest BCUT2D eigenvalue weighted by molar-refractivity contribution is 6.25. The van der Waals surface area contributed by atoms with Gasteiger partial charge in [0.1, 0.15) is 0 Å². The molecule has 0 unspecified atom stereocenters. The van der Waals surface area contributed by atoms with Crippen molar-refractivity contribution in [3.63, 3.8) is 0 Å². The summed E-state index contributed by atoms with van der Waals surface area (Å²) in [6, 6.07) is 34.7. The molecule has 0 spiro atoms. The number of hydrogen-bond acceptors (Lipinski definition) is 0. The van der Waals surface area contributed by atoms with Crippen LogP contribution in [0.25, 0.3) is 54.6 Å². The van der Waals surface area contributed by atoms with Crippen molar-refractivity contribution in [2.24, 2.45) is 0 Å². The van der Waals surface area contributed by atoms with E-state index in [0.717, 1.165) is 0 Å². The lowest BCUT2D eigenvalue weighted by Crippen LogP contribution is -2.14. The zero-order valence-corrected chi connectivity index (χ0v) is 21.2. The third-order valence-electron chi connectivity index (χ3n) is 8.36. The predicted molar refractivity (Wildman–Crippen MR) is 152 cm³/mol. The molecule has 0 aliphatic heterocycles. The van der Waals surface area contributed by atoms with Gasteiger partial charge in [0.15, 0.2) is 0 Å². The number of benzene rings is 6. The average Bonchev–Trinajstić information content (AvgIpc) is 3.08. The van der Waals surface area contributed by atoms with E-state index in [1.807, 2.05) is 0 Å². The van der Waals surface area contributed by atoms with E-state index < -0.39 is 0 Å². The lowest BCUT2D eigenvalue weighted by Gasteiger charge is -2.23. The molecule has 0 heterocycles. The SMILES string of the molecule is CC(C)(C)c1cc2ccc3ccc(-c4ccc5c(c4)C(C)(C)c4ccccc4-5)c4ccc(c1)c2c34. The van der Waals surface area contributed by atoms with E-state index in [1.54, 1.807) is 0 Å². The summed E-state index contributed by atoms with van der Waals surface area (Å²) in [6.45, 7) is 11.6. The molecule has 6 aromatic carbocycles. The number of fused-ring (bicyclic) bond motifs is 3. The molecule has 0 N–H and O–H groups in total. The molecule has 0 atom stereocenters. The third-order valence-corrected chi connectivity index (χ3v) is 8.36. The molecule has 170 valence electrons. The standard InChI is InChI=1S/C35H30/c1-34(2,3)25-18-23-11-10-21-12-15-26(29-17-14-24(19-25)32(23)33(21)29)22-13-16-28-27-8-6-7-9-30(27)35(4,5)31(28)20-22/h6-20H,1-5H3. The van der Waals surface area contributed by atoms with Gasteiger partial charge in [0, 0.05) is 5.41 Å². The van der Waals surface area contributed by atoms with Gasteiger partial charge in [-0.2, -0.15) is 0 Å². The van der Waals surface area contributed by atoms with Gasteiger partial charge in [0.2, 0.25) is 0 Å². The van der Waals surface area contributed by atoms with E-state index in [4.69, 9.17) is 0 Å². The van der Waals surface area contributed by atoms with Crippen molar-refractivity contribution >= 4 is 32.3 Å². The second-order valence-corrected chi connectivity index (χ2v) is 11.9. The fourth-order valence-corrected chi connectivity index (χ4v) is 6.38. The summed E-state index contributed by atoms with van der Waals surface area (Å²) in [5.74, 6) is 0. The summed E-state index contributed by atoms with van der Waals surface area (Å²) in [4.78, 5) is 0. The van der Waals surface area contributed by atoms with Crippen LogP contribution in [0.1, 0.15) is 51.3 Å². The first-order valence-corrected chi connectivity index (χ1v) is 12.7. The van der Waals surface area contributed by atoms with Gasteiger partial charge in [0.05, 0.1) is 0 Å². The van der Waals surface area contributed by atoms with Crippen LogP contribution in [0.15, 0.2) is 91.0 Å². The van der Waals surface area contributed by atoms with E-state index in [1.165, 1.54) is 71.3 Å². The Morgan fingerprint density at radius 2 is 1.17 bits per heavy atom. The van der Waals surface area contributed by atoms with Gasteiger partial charge in [-0.1, -0.05) is 120 Å². The van der Waals surface area contributed by atoms with Gasteiger partial charge in [-0.3, -0.25) is 0 Å². The van der Waals surface area contributed by atoms with Crippen molar-refractivity contribution in [2.75, 3.05) is 0 Å². The molecular weight excluding hydrogens is 420 g/mol. The van der Waals surface area contributed by atoms with Crippen molar-refractivity contribution < 1.29 is 0 Å². The van der Waals surface area contributed by atoms with Crippen molar-refractivity contribution in [3.05, 3.63) is 108 Å². The first-order valence-electron chi connectivity index (χ1n) is 12.7. The zero-order chi connectivity index (χ0) is 24.1. The lowest BCUT2D eigenvalue weighted by molar-refractivity contribution is 0.591. The molecule has 35 heavy (non-hydrogen) atoms. The maximum Gasteiger partial charge on any atom is 0.0159 e. The van der Waals surface area contributed by atoms with Crippen LogP contribution >= 0.6 is 0 Å². The molecule has 0 heteroatoms. The fraction of sp³-hybridized carbons (Fsp3) is 0.200. The van der Waals surface area contributed by atoms with Crippen molar-refractivity contribution in [3.8, 4) is 22.3 Å². The quantitative estimate of drug-likeness (QED) is 0.219. The molecule has 0 aromatic heterocycles. The van der Waals surface area contributed by atoms with Crippen LogP contribution in [-0.2, 0) is 10.8 Å². The molecule has 0 radical (unpaired) electrons. The summed E-state index contributed by atoms with van der Waals surface area (Å²) in [7, 11) is 0. The average molecular weight is 451 g/mol. The van der Waals surface area contributed by atoms with Gasteiger partial charge < -0.3 is 0 Å². The molecule has 0 nitrogen and oxygen atoms in total. The Morgan fingerprint density at radius 3 is 1.94 bits per heavy atom. The zero-order valence-electron chi connectivity index (χ0n) is 21.2. The molecular formula is C35H30. The molecule has 1 aliphatic rings. The third kappa shape index (κ3) is 2.80. The predicted octanol–water partition coefficient (Wildman–Crippen LogP) is 9.85. The maximum absolute atomic E-state index is 2.44. The van der Waals surface area contributed by atoms with E-state index in [0.29, 0.717) is 0 Å². The van der Waals surface area contributed by atoms with Gasteiger partial charge in [-0.05, 0) is 82.7 Å². The summed E-state index contributed by atoms with van der Waals surface area (Å²) in [5, 5.41) is 8.13. The van der Waals surface area contributed by atoms with Gasteiger partial charge in [-0.15, -0.1) is 0 Å². The maximum atomic E-state index is 2.44. The Morgan fingerprint density at radius 1 is 0.543 bits per heavy atom. The Hall–Kier alpha value is -3.64. The first-order chi connectivity index (χ1) is 16.7. The Kier molecular flexibility index (Phi) is 3.98. The van der Waals surface area contributed by atoms with E-state index in [9.17, 15) is 0 Å². The van der Waals surface area contributed by atoms with E-state index in [-0.39, 0.29) is 10.8 Å². The van der Waals surface area contributed by atoms with Crippen LogP contribution < -0.4 is 0 Å². The van der Waals surface area contributed by atoms with Crippen molar-refractivity contribution in [2.45, 2.75) is 45.4 Å². The smallest absolute Gasteiger partial charge is 0.0159 e. The molecule has 0 saturated heterocycles. The molecule has 6 aromatic rings. The molecule has 1 aliphatic carbocycles. The fourth-order valence-electron chi connectivity index (χ4n) is 6.38. The molecule has 0 amide bonds. The van der Waals surface area contributed by atoms with Crippen LogP contribution in [0.3, 0.4) is 0 Å². The largest absolute Gasteiger partial charge is 0.0619 e. The molecule has 7 rings (SSSR count). The molecule has 0 fully saturated rings. The summed E-state index contributed by atoms with van der Waals surface area (Å²) in [6.07, 6.45) is 0. The van der Waals surface area contributed by atoms with Gasteiger partial charge in [0.25, 0.3) is 0 Å². The van der Waals surface area contributed by atoms with Gasteiger partial charge >= 0.3 is 0 Å². The first kappa shape index (κ1) is 20.7. The van der Waals surface area contributed by atoms with E-state index >= 15 is 0 Å². The number of rotatable bonds is 1. The second-order valence-electron chi connectivity index (χ2n) is 11.9. The second kappa shape index (κ2) is 6.73. The highest BCUT2D eigenvalue weighted by Gasteiger charge is 2.35. The lowest BCUT2D eigenvalue weighted by atomic mass is 9.81. The highest BCUT2D eigenvalue weighted by atomic mass is 14.4. The van der Waals surface area contributed by atoms with Crippen LogP contribution in [0.4, 0.5) is 0 Å². The van der Waals surface area contributed by atoms with Crippen LogP contribution in [-0.4, -0.2) is 0 Å². The number of hydrogen-bond donors (Lipinski definition) is 0. The van der Waals surface area contributed by atoms with Crippen LogP contribution in [0, 0.1) is 0 Å². The van der Waals surface area contributed by atoms with Gasteiger partial charge in [-0.25, -0.2) is 0 Å². The Balaban J connectivity index is 1.49. The highest BCUT2D eigenvalue weighted by Crippen LogP contribution is 2.50. The van der Waals surface area contributed by atoms with Crippen LogP contribution in [0.2, 0.25) is 0 Å². The van der Waals surface area contributed by atoms with E-state index in [2.05, 4.69) is 126 Å². The summed E-state index contributed by atoms with van der Waals surface area (Å²) < 4.78 is 0. The Bertz CT molecular complexity index is 1770. The topological polar surface area (TPSA) is 0 Å². The molecule has 0 saturated carbocycles. The minimum absolute atomic E-state index is 0.00901. The summed E-state index contributed by atoms with van der Waals surface area (Å²) >= 11 is 0. The van der Waals surface area contributed by atoms with Crippen LogP contribution in [0.5, 0.6) is 0 Å². The van der Waals surface area contributed by atoms with Crippen molar-refractivity contribution in [1.82, 2.24) is 0 Å². The molecule has 0 bridgehead atoms. The summed E-state index contributed by atoms with van der Waals surface area (Å²) in [5.41, 5.74) is 9.77. The van der Waals surface area contributed by atoms with Crippen molar-refractivity contribution in [1.29, 1.82) is 0 Å². The monoisotopic (exact) mass is 450 g/mol. The normalized spacial score (nSPS) is 14.7.